The molecule has 3 aromatic rings. The molecular weight excluding hydrogens is 1170 g/mol. The first-order valence-electron chi connectivity index (χ1n) is 26.3. The van der Waals surface area contributed by atoms with Gasteiger partial charge in [-0.1, -0.05) is 30.3 Å². The first kappa shape index (κ1) is 64.7. The molecule has 448 valence electrons. The molecule has 0 bridgehead atoms. The van der Waals surface area contributed by atoms with Gasteiger partial charge in [0, 0.05) is 88.2 Å². The molecule has 0 spiro atoms. The lowest BCUT2D eigenvalue weighted by Crippen LogP contribution is -2.63. The number of hydrogen-bond acceptors (Lipinski definition) is 19. The monoisotopic (exact) mass is 1240 g/mol. The summed E-state index contributed by atoms with van der Waals surface area (Å²) in [6.07, 6.45) is -5.02. The molecular formula is C51H74Cl4N6O17P2. The summed E-state index contributed by atoms with van der Waals surface area (Å²) in [7, 11) is -0.971. The number of aliphatic hydroxyl groups excluding tert-OH is 2. The van der Waals surface area contributed by atoms with Crippen LogP contribution in [-0.2, 0) is 53.2 Å². The Kier molecular flexibility index (Phi) is 25.0. The number of cyclic esters (lactones) is 1. The number of aliphatic hydroxyl groups is 2. The molecule has 3 aromatic carbocycles. The van der Waals surface area contributed by atoms with E-state index >= 15 is 0 Å². The summed E-state index contributed by atoms with van der Waals surface area (Å²) in [5, 5.41) is 39.9. The number of hydrogen-bond donors (Lipinski definition) is 6. The van der Waals surface area contributed by atoms with Crippen molar-refractivity contribution in [1.82, 2.24) is 24.5 Å². The number of methoxy groups -OCH3 is 2. The van der Waals surface area contributed by atoms with Crippen molar-refractivity contribution in [3.05, 3.63) is 76.9 Å². The van der Waals surface area contributed by atoms with Crippen molar-refractivity contribution in [1.29, 1.82) is 0 Å². The number of alkyl halides is 4. The predicted molar refractivity (Wildman–Crippen MR) is 299 cm³/mol. The molecule has 0 radical (unpaired) electrons. The topological polar surface area (TPSA) is 273 Å². The molecule has 12 atom stereocenters. The number of carbonyl (C=O) groups is 1. The number of hydrazine groups is 1. The second kappa shape index (κ2) is 30.8. The van der Waals surface area contributed by atoms with E-state index in [2.05, 4.69) is 22.3 Å². The van der Waals surface area contributed by atoms with Crippen LogP contribution in [0.2, 0.25) is 0 Å². The Balaban J connectivity index is 0.000000197. The van der Waals surface area contributed by atoms with Crippen LogP contribution >= 0.6 is 61.7 Å². The number of phenolic OH excluding ortho intramolecular Hbond substituents is 1. The molecule has 23 nitrogen and oxygen atoms in total. The van der Waals surface area contributed by atoms with E-state index in [1.165, 1.54) is 19.8 Å². The molecule has 6 heterocycles. The summed E-state index contributed by atoms with van der Waals surface area (Å²) >= 11 is 22.4. The fourth-order valence-corrected chi connectivity index (χ4v) is 15.4. The van der Waals surface area contributed by atoms with Gasteiger partial charge in [-0.15, -0.1) is 46.4 Å². The lowest BCUT2D eigenvalue weighted by molar-refractivity contribution is -0.364. The number of aromatic hydroxyl groups is 1. The SMILES string of the molecule is CN(N)Cc1ccccc1.COc1cc([C@@H]2c3cc4c(cc3[C@@H](O[C@@H]3O[C@@H]5CO[C@@H](C)O[C@H]5[C@H](O)[C@H]3O)[C@H]3COC(=O)[C@H]23)OCO4)cc(OC)c1O.O=P1(N(CCCl)CCCl)NCCCO1.O=P1(NCCCl)OCCCN1CCCl. The van der Waals surface area contributed by atoms with Crippen LogP contribution in [-0.4, -0.2) is 190 Å². The van der Waals surface area contributed by atoms with Gasteiger partial charge >= 0.3 is 21.3 Å². The smallest absolute Gasteiger partial charge is 0.343 e. The summed E-state index contributed by atoms with van der Waals surface area (Å²) in [4.78, 5) is 13.4. The molecule has 29 heteroatoms. The summed E-state index contributed by atoms with van der Waals surface area (Å²) in [6.45, 7) is 7.40. The van der Waals surface area contributed by atoms with Crippen molar-refractivity contribution >= 4 is 67.7 Å². The predicted octanol–water partition coefficient (Wildman–Crippen LogP) is 6.10. The third-order valence-corrected chi connectivity index (χ3v) is 19.2. The summed E-state index contributed by atoms with van der Waals surface area (Å²) < 4.78 is 89.9. The first-order chi connectivity index (χ1) is 38.5. The number of nitrogens with two attached hydrogens (primary N) is 1. The Morgan fingerprint density at radius 3 is 2.15 bits per heavy atom. The van der Waals surface area contributed by atoms with Crippen molar-refractivity contribution in [3.8, 4) is 28.7 Å². The highest BCUT2D eigenvalue weighted by molar-refractivity contribution is 7.54. The molecule has 80 heavy (non-hydrogen) atoms. The molecule has 7 N–H and O–H groups in total. The molecule has 0 aromatic heterocycles. The molecule has 2 unspecified atom stereocenters. The van der Waals surface area contributed by atoms with Crippen LogP contribution < -0.4 is 35.0 Å². The number of carbonyl (C=O) groups excluding carboxylic acids is 1. The number of phenols is 1. The van der Waals surface area contributed by atoms with Crippen molar-refractivity contribution in [3.63, 3.8) is 0 Å². The van der Waals surface area contributed by atoms with Crippen LogP contribution in [0.5, 0.6) is 28.7 Å². The normalized spacial score (nSPS) is 30.5. The van der Waals surface area contributed by atoms with E-state index in [0.29, 0.717) is 91.1 Å². The molecule has 6 aliphatic heterocycles. The number of nitrogens with zero attached hydrogens (tertiary/aromatic N) is 3. The van der Waals surface area contributed by atoms with E-state index in [-0.39, 0.29) is 37.3 Å². The van der Waals surface area contributed by atoms with Gasteiger partial charge in [-0.25, -0.2) is 24.5 Å². The average molecular weight is 1250 g/mol. The van der Waals surface area contributed by atoms with Gasteiger partial charge in [-0.2, -0.15) is 0 Å². The summed E-state index contributed by atoms with van der Waals surface area (Å²) in [5.41, 5.74) is 3.26. The Hall–Kier alpha value is -2.81. The van der Waals surface area contributed by atoms with E-state index in [9.17, 15) is 29.2 Å². The zero-order chi connectivity index (χ0) is 57.6. The number of fused-ring (bicyclic) bond motifs is 4. The highest BCUT2D eigenvalue weighted by atomic mass is 35.5. The molecule has 5 saturated heterocycles. The fraction of sp³-hybridized carbons (Fsp3) is 0.627. The van der Waals surface area contributed by atoms with Gasteiger partial charge in [-0.3, -0.25) is 19.8 Å². The molecule has 0 amide bonds. The maximum absolute atomic E-state index is 13.4. The Bertz CT molecular complexity index is 2500. The van der Waals surface area contributed by atoms with Gasteiger partial charge in [0.1, 0.15) is 24.4 Å². The van der Waals surface area contributed by atoms with Crippen molar-refractivity contribution in [2.45, 2.75) is 75.3 Å². The molecule has 0 saturated carbocycles. The van der Waals surface area contributed by atoms with Crippen molar-refractivity contribution in [2.24, 2.45) is 17.7 Å². The Labute approximate surface area is 486 Å². The largest absolute Gasteiger partial charge is 0.502 e. The lowest BCUT2D eigenvalue weighted by atomic mass is 9.66. The van der Waals surface area contributed by atoms with Crippen LogP contribution in [0.15, 0.2) is 54.6 Å². The third-order valence-electron chi connectivity index (χ3n) is 13.9. The van der Waals surface area contributed by atoms with Gasteiger partial charge in [0.2, 0.25) is 12.5 Å². The van der Waals surface area contributed by atoms with Crippen LogP contribution in [0.4, 0.5) is 0 Å². The van der Waals surface area contributed by atoms with Gasteiger partial charge in [-0.05, 0) is 66.3 Å². The van der Waals surface area contributed by atoms with E-state index in [1.807, 2.05) is 25.2 Å². The average Bonchev–Trinajstić information content (AvgIpc) is 4.23. The van der Waals surface area contributed by atoms with Crippen LogP contribution in [0.25, 0.3) is 0 Å². The zero-order valence-corrected chi connectivity index (χ0v) is 49.9. The van der Waals surface area contributed by atoms with Gasteiger partial charge in [0.25, 0.3) is 0 Å². The highest BCUT2D eigenvalue weighted by Crippen LogP contribution is 2.57. The third kappa shape index (κ3) is 15.9. The van der Waals surface area contributed by atoms with Gasteiger partial charge in [0.05, 0.1) is 52.7 Å². The lowest BCUT2D eigenvalue weighted by Gasteiger charge is -2.47. The zero-order valence-electron chi connectivity index (χ0n) is 45.1. The maximum Gasteiger partial charge on any atom is 0.343 e. The fourth-order valence-electron chi connectivity index (χ4n) is 10.2. The van der Waals surface area contributed by atoms with E-state index in [4.69, 9.17) is 104 Å². The number of nitrogens with one attached hydrogen (secondary N) is 2. The van der Waals surface area contributed by atoms with E-state index in [1.54, 1.807) is 45.5 Å². The Morgan fingerprint density at radius 2 is 1.54 bits per heavy atom. The molecule has 1 aliphatic carbocycles. The van der Waals surface area contributed by atoms with Crippen LogP contribution in [0.1, 0.15) is 54.0 Å². The molecule has 5 fully saturated rings. The Morgan fingerprint density at radius 1 is 0.863 bits per heavy atom. The second-order valence-corrected chi connectivity index (χ2v) is 25.2. The number of rotatable bonds is 17. The number of esters is 1. The van der Waals surface area contributed by atoms with Crippen LogP contribution in [0, 0.1) is 11.8 Å². The van der Waals surface area contributed by atoms with E-state index in [0.717, 1.165) is 32.5 Å². The summed E-state index contributed by atoms with van der Waals surface area (Å²) in [6, 6.07) is 17.1. The van der Waals surface area contributed by atoms with Crippen LogP contribution in [0.3, 0.4) is 0 Å². The van der Waals surface area contributed by atoms with Crippen molar-refractivity contribution in [2.75, 3.05) is 117 Å². The quantitative estimate of drug-likeness (QED) is 0.0293. The van der Waals surface area contributed by atoms with Crippen molar-refractivity contribution < 1.29 is 80.9 Å². The number of benzene rings is 3. The standard InChI is InChI=1S/C29H32O13.C8H12N2.2C7H15Cl2N2O2P/c1-11-36-9-20-27(40-11)24(31)25(32)29(41-20)42-26-14-7-17-16(38-10-39-17)6-13(14)21(22-15(26)8-37-28(22)33)12-4-18(34-2)23(30)19(5-12)35-3;1-10(9)7-8-5-3-2-4-6-8;8-2-4-10-14(12)11(6-3-9)5-1-7-13-14;8-2-5-11(6-3-9)14(12)10-4-1-7-13-14/h4-7,11,15,20-22,24-27,29-32H,8-10H2,1-3H3;2-6H,7,9H2,1H3;2*1-7H2,(H,10,12)/t11-,15+,20-,21-,22+,24-,25-,26-,27-,29+;;;/m1.../s1. The molecule has 10 rings (SSSR count). The maximum atomic E-state index is 13.4. The minimum Gasteiger partial charge on any atom is -0.502 e. The summed E-state index contributed by atoms with van der Waals surface area (Å²) in [5.74, 6) is 6.15. The minimum absolute atomic E-state index is 0.0301. The highest BCUT2D eigenvalue weighted by Gasteiger charge is 2.56. The number of halogens is 4. The number of ether oxygens (including phenoxy) is 9. The van der Waals surface area contributed by atoms with Gasteiger partial charge in [0.15, 0.2) is 35.6 Å². The van der Waals surface area contributed by atoms with Gasteiger partial charge < -0.3 is 67.0 Å². The molecule has 7 aliphatic rings. The van der Waals surface area contributed by atoms with E-state index < -0.39 is 82.2 Å². The first-order valence-corrected chi connectivity index (χ1v) is 31.6. The second-order valence-electron chi connectivity index (χ2n) is 19.3. The minimum atomic E-state index is -2.84.